The predicted molar refractivity (Wildman–Crippen MR) is 81.6 cm³/mol. The maximum Gasteiger partial charge on any atom is 0.237 e. The minimum absolute atomic E-state index is 0.0913. The van der Waals surface area contributed by atoms with Crippen LogP contribution in [0.5, 0.6) is 5.75 Å². The summed E-state index contributed by atoms with van der Waals surface area (Å²) < 4.78 is 17.6. The van der Waals surface area contributed by atoms with Crippen molar-refractivity contribution in [1.29, 1.82) is 0 Å². The molecule has 0 aliphatic rings. The van der Waals surface area contributed by atoms with E-state index < -0.39 is 10.8 Å². The molecule has 1 heterocycles. The highest BCUT2D eigenvalue weighted by Crippen LogP contribution is 2.24. The van der Waals surface area contributed by atoms with Crippen LogP contribution >= 0.6 is 11.3 Å². The van der Waals surface area contributed by atoms with Crippen LogP contribution in [-0.4, -0.2) is 23.0 Å². The Morgan fingerprint density at radius 1 is 1.45 bits per heavy atom. The summed E-state index contributed by atoms with van der Waals surface area (Å²) in [5.41, 5.74) is 6.69. The fourth-order valence-electron chi connectivity index (χ4n) is 1.55. The Labute approximate surface area is 123 Å². The third kappa shape index (κ3) is 3.58. The van der Waals surface area contributed by atoms with Crippen molar-refractivity contribution in [2.75, 3.05) is 23.9 Å². The fraction of sp³-hybridized carbons (Fsp3) is 0.154. The van der Waals surface area contributed by atoms with Gasteiger partial charge in [-0.3, -0.25) is 9.00 Å². The molecule has 1 amide bonds. The van der Waals surface area contributed by atoms with Gasteiger partial charge in [0.1, 0.15) is 11.5 Å². The molecule has 106 valence electrons. The Morgan fingerprint density at radius 3 is 2.85 bits per heavy atom. The maximum absolute atomic E-state index is 11.9. The van der Waals surface area contributed by atoms with E-state index in [2.05, 4.69) is 5.32 Å². The van der Waals surface area contributed by atoms with Gasteiger partial charge in [-0.05, 0) is 23.6 Å². The molecule has 0 bridgehead atoms. The van der Waals surface area contributed by atoms with Crippen LogP contribution in [0.1, 0.15) is 0 Å². The summed E-state index contributed by atoms with van der Waals surface area (Å²) in [7, 11) is 0.211. The van der Waals surface area contributed by atoms with E-state index in [0.29, 0.717) is 21.3 Å². The monoisotopic (exact) mass is 310 g/mol. The molecule has 0 radical (unpaired) electrons. The number of carbonyl (C=O) groups excluding carboxylic acids is 1. The van der Waals surface area contributed by atoms with Gasteiger partial charge in [-0.2, -0.15) is 0 Å². The first-order valence-electron chi connectivity index (χ1n) is 5.75. The molecule has 2 aromatic rings. The smallest absolute Gasteiger partial charge is 0.237 e. The summed E-state index contributed by atoms with van der Waals surface area (Å²) in [6.45, 7) is 0. The first-order valence-corrected chi connectivity index (χ1v) is 7.95. The second-order valence-electron chi connectivity index (χ2n) is 3.92. The molecule has 7 heteroatoms. The van der Waals surface area contributed by atoms with Crippen molar-refractivity contribution in [1.82, 2.24) is 0 Å². The third-order valence-corrected chi connectivity index (χ3v) is 5.13. The number of nitrogens with one attached hydrogen (secondary N) is 1. The zero-order valence-corrected chi connectivity index (χ0v) is 12.4. The van der Waals surface area contributed by atoms with E-state index in [4.69, 9.17) is 10.5 Å². The van der Waals surface area contributed by atoms with Gasteiger partial charge in [-0.15, -0.1) is 11.3 Å². The number of ether oxygens (including phenoxy) is 1. The van der Waals surface area contributed by atoms with Crippen molar-refractivity contribution in [2.24, 2.45) is 0 Å². The zero-order valence-electron chi connectivity index (χ0n) is 10.8. The van der Waals surface area contributed by atoms with Crippen molar-refractivity contribution in [2.45, 2.75) is 4.21 Å². The normalized spacial score (nSPS) is 11.8. The second-order valence-corrected chi connectivity index (χ2v) is 6.55. The summed E-state index contributed by atoms with van der Waals surface area (Å²) in [6, 6.07) is 8.52. The van der Waals surface area contributed by atoms with Gasteiger partial charge in [0.25, 0.3) is 0 Å². The van der Waals surface area contributed by atoms with Crippen LogP contribution in [0.15, 0.2) is 39.9 Å². The molecule has 1 atom stereocenters. The number of thiophene rings is 1. The fourth-order valence-corrected chi connectivity index (χ4v) is 3.46. The van der Waals surface area contributed by atoms with E-state index in [-0.39, 0.29) is 11.7 Å². The number of nitrogen functional groups attached to an aromatic ring is 1. The molecule has 1 unspecified atom stereocenters. The molecule has 2 rings (SSSR count). The van der Waals surface area contributed by atoms with Gasteiger partial charge in [0.15, 0.2) is 0 Å². The Balaban J connectivity index is 2.00. The number of anilines is 2. The SMILES string of the molecule is COc1ccc(NC(=O)CS(=O)c2cccs2)c(N)c1. The Bertz CT molecular complexity index is 627. The van der Waals surface area contributed by atoms with Crippen LogP contribution in [0.4, 0.5) is 11.4 Å². The van der Waals surface area contributed by atoms with Gasteiger partial charge in [0, 0.05) is 6.07 Å². The zero-order chi connectivity index (χ0) is 14.5. The molecule has 0 aliphatic heterocycles. The lowest BCUT2D eigenvalue weighted by Crippen LogP contribution is -2.19. The summed E-state index contributed by atoms with van der Waals surface area (Å²) >= 11 is 1.37. The van der Waals surface area contributed by atoms with E-state index >= 15 is 0 Å². The molecular weight excluding hydrogens is 296 g/mol. The van der Waals surface area contributed by atoms with Gasteiger partial charge in [0.2, 0.25) is 5.91 Å². The molecule has 0 aliphatic carbocycles. The van der Waals surface area contributed by atoms with Crippen molar-refractivity contribution in [3.8, 4) is 5.75 Å². The molecule has 0 fully saturated rings. The standard InChI is InChI=1S/C13H14N2O3S2/c1-18-9-4-5-11(10(14)7-9)15-12(16)8-20(17)13-3-2-6-19-13/h2-7H,8,14H2,1H3,(H,15,16). The Morgan fingerprint density at radius 2 is 2.25 bits per heavy atom. The minimum atomic E-state index is -1.33. The topological polar surface area (TPSA) is 81.4 Å². The lowest BCUT2D eigenvalue weighted by atomic mass is 10.2. The predicted octanol–water partition coefficient (Wildman–Crippen LogP) is 2.09. The van der Waals surface area contributed by atoms with Crippen molar-refractivity contribution in [3.05, 3.63) is 35.7 Å². The number of amides is 1. The number of hydrogen-bond donors (Lipinski definition) is 2. The van der Waals surface area contributed by atoms with Gasteiger partial charge in [-0.1, -0.05) is 6.07 Å². The first kappa shape index (κ1) is 14.5. The highest BCUT2D eigenvalue weighted by molar-refractivity contribution is 7.88. The maximum atomic E-state index is 11.9. The number of hydrogen-bond acceptors (Lipinski definition) is 5. The van der Waals surface area contributed by atoms with Gasteiger partial charge in [0.05, 0.1) is 33.5 Å². The van der Waals surface area contributed by atoms with Crippen LogP contribution in [-0.2, 0) is 15.6 Å². The van der Waals surface area contributed by atoms with Crippen molar-refractivity contribution in [3.63, 3.8) is 0 Å². The molecule has 3 N–H and O–H groups in total. The van der Waals surface area contributed by atoms with Crippen LogP contribution in [0.25, 0.3) is 0 Å². The Kier molecular flexibility index (Phi) is 4.75. The third-order valence-electron chi connectivity index (χ3n) is 2.51. The number of methoxy groups -OCH3 is 1. The molecule has 1 aromatic carbocycles. The summed E-state index contributed by atoms with van der Waals surface area (Å²) in [5, 5.41) is 4.47. The highest BCUT2D eigenvalue weighted by Gasteiger charge is 2.12. The molecule has 0 saturated heterocycles. The van der Waals surface area contributed by atoms with Gasteiger partial charge >= 0.3 is 0 Å². The number of nitrogens with two attached hydrogens (primary N) is 1. The quantitative estimate of drug-likeness (QED) is 0.829. The van der Waals surface area contributed by atoms with Gasteiger partial charge < -0.3 is 15.8 Å². The van der Waals surface area contributed by atoms with Crippen LogP contribution < -0.4 is 15.8 Å². The van der Waals surface area contributed by atoms with Gasteiger partial charge in [-0.25, -0.2) is 0 Å². The molecule has 5 nitrogen and oxygen atoms in total. The van der Waals surface area contributed by atoms with E-state index in [1.807, 2.05) is 5.38 Å². The summed E-state index contributed by atoms with van der Waals surface area (Å²) in [6.07, 6.45) is 0. The van der Waals surface area contributed by atoms with E-state index in [1.165, 1.54) is 18.4 Å². The highest BCUT2D eigenvalue weighted by atomic mass is 32.2. The average molecular weight is 310 g/mol. The number of benzene rings is 1. The lowest BCUT2D eigenvalue weighted by Gasteiger charge is -2.09. The minimum Gasteiger partial charge on any atom is -0.497 e. The number of rotatable bonds is 5. The molecular formula is C13H14N2O3S2. The average Bonchev–Trinajstić information content (AvgIpc) is 2.95. The van der Waals surface area contributed by atoms with Crippen LogP contribution in [0.3, 0.4) is 0 Å². The molecule has 0 saturated carbocycles. The summed E-state index contributed by atoms with van der Waals surface area (Å²) in [5.74, 6) is 0.183. The Hall–Kier alpha value is -1.86. The summed E-state index contributed by atoms with van der Waals surface area (Å²) in [4.78, 5) is 11.8. The van der Waals surface area contributed by atoms with E-state index in [1.54, 1.807) is 30.3 Å². The van der Waals surface area contributed by atoms with E-state index in [9.17, 15) is 9.00 Å². The molecule has 1 aromatic heterocycles. The molecule has 0 spiro atoms. The van der Waals surface area contributed by atoms with Crippen molar-refractivity contribution >= 4 is 39.4 Å². The largest absolute Gasteiger partial charge is 0.497 e. The van der Waals surface area contributed by atoms with Crippen LogP contribution in [0, 0.1) is 0 Å². The van der Waals surface area contributed by atoms with Crippen molar-refractivity contribution < 1.29 is 13.7 Å². The lowest BCUT2D eigenvalue weighted by molar-refractivity contribution is -0.113. The first-order chi connectivity index (χ1) is 9.60. The second kappa shape index (κ2) is 6.53. The van der Waals surface area contributed by atoms with E-state index in [0.717, 1.165) is 0 Å². The van der Waals surface area contributed by atoms with Crippen LogP contribution in [0.2, 0.25) is 0 Å². The number of carbonyl (C=O) groups is 1. The molecule has 20 heavy (non-hydrogen) atoms.